The van der Waals surface area contributed by atoms with Crippen molar-refractivity contribution in [3.63, 3.8) is 0 Å². The minimum atomic E-state index is -0.243. The first-order chi connectivity index (χ1) is 10.3. The predicted octanol–water partition coefficient (Wildman–Crippen LogP) is 3.00. The van der Waals surface area contributed by atoms with E-state index in [1.807, 2.05) is 54.6 Å². The summed E-state index contributed by atoms with van der Waals surface area (Å²) in [7, 11) is 0. The Morgan fingerprint density at radius 2 is 1.71 bits per heavy atom. The Bertz CT molecular complexity index is 797. The third-order valence-corrected chi connectivity index (χ3v) is 3.02. The van der Waals surface area contributed by atoms with Crippen molar-refractivity contribution < 1.29 is 4.79 Å². The number of nitrogens with zero attached hydrogens (tertiary/aromatic N) is 2. The molecule has 0 bridgehead atoms. The van der Waals surface area contributed by atoms with Crippen molar-refractivity contribution in [2.75, 3.05) is 0 Å². The summed E-state index contributed by atoms with van der Waals surface area (Å²) in [4.78, 5) is 16.2. The van der Waals surface area contributed by atoms with E-state index in [-0.39, 0.29) is 5.91 Å². The molecule has 3 rings (SSSR count). The molecule has 21 heavy (non-hydrogen) atoms. The zero-order valence-corrected chi connectivity index (χ0v) is 11.2. The molecule has 0 unspecified atom stereocenters. The van der Waals surface area contributed by atoms with Crippen LogP contribution in [0.4, 0.5) is 0 Å². The normalized spacial score (nSPS) is 10.9. The van der Waals surface area contributed by atoms with E-state index in [0.29, 0.717) is 11.3 Å². The number of aromatic nitrogens is 1. The van der Waals surface area contributed by atoms with E-state index >= 15 is 0 Å². The van der Waals surface area contributed by atoms with Crippen LogP contribution in [0.3, 0.4) is 0 Å². The molecule has 0 saturated carbocycles. The van der Waals surface area contributed by atoms with Crippen LogP contribution in [0.5, 0.6) is 0 Å². The average molecular weight is 275 g/mol. The van der Waals surface area contributed by atoms with E-state index in [4.69, 9.17) is 0 Å². The van der Waals surface area contributed by atoms with Gasteiger partial charge in [-0.05, 0) is 24.3 Å². The van der Waals surface area contributed by atoms with E-state index in [1.54, 1.807) is 12.1 Å². The Kier molecular flexibility index (Phi) is 3.69. The van der Waals surface area contributed by atoms with Gasteiger partial charge in [0.05, 0.1) is 17.4 Å². The Hall–Kier alpha value is -3.01. The number of fused-ring (bicyclic) bond motifs is 1. The number of carbonyl (C=O) groups excluding carboxylic acids is 1. The Morgan fingerprint density at radius 1 is 0.952 bits per heavy atom. The van der Waals surface area contributed by atoms with Gasteiger partial charge >= 0.3 is 0 Å². The van der Waals surface area contributed by atoms with E-state index < -0.39 is 0 Å². The zero-order valence-electron chi connectivity index (χ0n) is 11.2. The van der Waals surface area contributed by atoms with Gasteiger partial charge in [0.2, 0.25) is 0 Å². The van der Waals surface area contributed by atoms with Gasteiger partial charge in [-0.3, -0.25) is 4.79 Å². The summed E-state index contributed by atoms with van der Waals surface area (Å²) in [6.45, 7) is 0. The molecular weight excluding hydrogens is 262 g/mol. The molecule has 0 atom stereocenters. The largest absolute Gasteiger partial charge is 0.271 e. The SMILES string of the molecule is O=C(N/N=C\c1ccc2ccccc2n1)c1ccccc1. The molecule has 0 aliphatic rings. The highest BCUT2D eigenvalue weighted by atomic mass is 16.2. The second-order valence-electron chi connectivity index (χ2n) is 4.49. The van der Waals surface area contributed by atoms with E-state index in [1.165, 1.54) is 6.21 Å². The highest BCUT2D eigenvalue weighted by Crippen LogP contribution is 2.10. The van der Waals surface area contributed by atoms with Crippen molar-refractivity contribution in [1.29, 1.82) is 0 Å². The lowest BCUT2D eigenvalue weighted by Crippen LogP contribution is -2.17. The van der Waals surface area contributed by atoms with Gasteiger partial charge in [-0.25, -0.2) is 10.4 Å². The lowest BCUT2D eigenvalue weighted by Gasteiger charge is -2.00. The van der Waals surface area contributed by atoms with Gasteiger partial charge in [0.1, 0.15) is 0 Å². The molecule has 1 aromatic heterocycles. The van der Waals surface area contributed by atoms with Crippen molar-refractivity contribution in [2.24, 2.45) is 5.10 Å². The van der Waals surface area contributed by atoms with Gasteiger partial charge in [-0.15, -0.1) is 0 Å². The minimum Gasteiger partial charge on any atom is -0.267 e. The first-order valence-corrected chi connectivity index (χ1v) is 6.57. The topological polar surface area (TPSA) is 54.4 Å². The summed E-state index contributed by atoms with van der Waals surface area (Å²) < 4.78 is 0. The number of rotatable bonds is 3. The van der Waals surface area contributed by atoms with Gasteiger partial charge in [0.15, 0.2) is 0 Å². The second kappa shape index (κ2) is 5.96. The molecule has 4 nitrogen and oxygen atoms in total. The lowest BCUT2D eigenvalue weighted by atomic mass is 10.2. The fraction of sp³-hybridized carbons (Fsp3) is 0. The van der Waals surface area contributed by atoms with E-state index in [2.05, 4.69) is 15.5 Å². The highest BCUT2D eigenvalue weighted by Gasteiger charge is 2.01. The molecule has 2 aromatic carbocycles. The van der Waals surface area contributed by atoms with Crippen LogP contribution in [0.1, 0.15) is 16.1 Å². The number of hydrogen-bond donors (Lipinski definition) is 1. The number of nitrogens with one attached hydrogen (secondary N) is 1. The van der Waals surface area contributed by atoms with Gasteiger partial charge in [-0.2, -0.15) is 5.10 Å². The molecule has 1 heterocycles. The number of pyridine rings is 1. The zero-order chi connectivity index (χ0) is 14.5. The van der Waals surface area contributed by atoms with Gasteiger partial charge < -0.3 is 0 Å². The summed E-state index contributed by atoms with van der Waals surface area (Å²) in [6, 6.07) is 20.6. The maximum atomic E-state index is 11.8. The van der Waals surface area contributed by atoms with Gasteiger partial charge in [0.25, 0.3) is 5.91 Å². The van der Waals surface area contributed by atoms with Crippen molar-refractivity contribution in [3.8, 4) is 0 Å². The molecule has 1 N–H and O–H groups in total. The molecule has 0 aliphatic carbocycles. The smallest absolute Gasteiger partial charge is 0.267 e. The second-order valence-corrected chi connectivity index (χ2v) is 4.49. The van der Waals surface area contributed by atoms with Crippen LogP contribution in [0.15, 0.2) is 71.8 Å². The monoisotopic (exact) mass is 275 g/mol. The van der Waals surface area contributed by atoms with Gasteiger partial charge in [0, 0.05) is 10.9 Å². The van der Waals surface area contributed by atoms with E-state index in [9.17, 15) is 4.79 Å². The molecule has 0 radical (unpaired) electrons. The third-order valence-electron chi connectivity index (χ3n) is 3.02. The fourth-order valence-corrected chi connectivity index (χ4v) is 1.96. The van der Waals surface area contributed by atoms with Crippen LogP contribution in [-0.4, -0.2) is 17.1 Å². The molecule has 3 aromatic rings. The third kappa shape index (κ3) is 3.12. The molecule has 102 valence electrons. The molecule has 4 heteroatoms. The van der Waals surface area contributed by atoms with Crippen LogP contribution in [0, 0.1) is 0 Å². The predicted molar refractivity (Wildman–Crippen MR) is 83.2 cm³/mol. The first-order valence-electron chi connectivity index (χ1n) is 6.57. The Morgan fingerprint density at radius 3 is 2.57 bits per heavy atom. The summed E-state index contributed by atoms with van der Waals surface area (Å²) >= 11 is 0. The maximum Gasteiger partial charge on any atom is 0.271 e. The fourth-order valence-electron chi connectivity index (χ4n) is 1.96. The van der Waals surface area contributed by atoms with Crippen LogP contribution in [0.25, 0.3) is 10.9 Å². The average Bonchev–Trinajstić information content (AvgIpc) is 2.55. The summed E-state index contributed by atoms with van der Waals surface area (Å²) in [6.07, 6.45) is 1.54. The van der Waals surface area contributed by atoms with Crippen molar-refractivity contribution >= 4 is 23.0 Å². The van der Waals surface area contributed by atoms with Crippen molar-refractivity contribution in [3.05, 3.63) is 78.0 Å². The number of carbonyl (C=O) groups is 1. The Labute approximate surface area is 122 Å². The number of benzene rings is 2. The van der Waals surface area contributed by atoms with Gasteiger partial charge in [-0.1, -0.05) is 42.5 Å². The molecule has 0 saturated heterocycles. The summed E-state index contributed by atoms with van der Waals surface area (Å²) in [5.74, 6) is -0.243. The Balaban J connectivity index is 1.71. The lowest BCUT2D eigenvalue weighted by molar-refractivity contribution is 0.0955. The quantitative estimate of drug-likeness (QED) is 0.590. The number of hydrazone groups is 1. The van der Waals surface area contributed by atoms with E-state index in [0.717, 1.165) is 10.9 Å². The standard InChI is InChI=1S/C17H13N3O/c21-17(14-7-2-1-3-8-14)20-18-12-15-11-10-13-6-4-5-9-16(13)19-15/h1-12H,(H,20,21)/b18-12-. The maximum absolute atomic E-state index is 11.8. The summed E-state index contributed by atoms with van der Waals surface area (Å²) in [5, 5.41) is 5.01. The molecule has 1 amide bonds. The number of para-hydroxylation sites is 1. The van der Waals surface area contributed by atoms with Crippen molar-refractivity contribution in [1.82, 2.24) is 10.4 Å². The molecule has 0 fully saturated rings. The number of hydrogen-bond acceptors (Lipinski definition) is 3. The van der Waals surface area contributed by atoms with Crippen molar-refractivity contribution in [2.45, 2.75) is 0 Å². The van der Waals surface area contributed by atoms with Crippen LogP contribution in [0.2, 0.25) is 0 Å². The minimum absolute atomic E-state index is 0.243. The van der Waals surface area contributed by atoms with Crippen LogP contribution >= 0.6 is 0 Å². The summed E-state index contributed by atoms with van der Waals surface area (Å²) in [5.41, 5.74) is 4.65. The first kappa shape index (κ1) is 13.0. The number of amides is 1. The van der Waals surface area contributed by atoms with Crippen LogP contribution < -0.4 is 5.43 Å². The molecule has 0 aliphatic heterocycles. The molecular formula is C17H13N3O. The molecule has 0 spiro atoms. The van der Waals surface area contributed by atoms with Crippen LogP contribution in [-0.2, 0) is 0 Å². The highest BCUT2D eigenvalue weighted by molar-refractivity contribution is 5.94.